The van der Waals surface area contributed by atoms with Crippen molar-refractivity contribution in [1.82, 2.24) is 0 Å². The van der Waals surface area contributed by atoms with Gasteiger partial charge in [-0.15, -0.1) is 0 Å². The average molecular weight is 193 g/mol. The molecule has 1 rings (SSSR count). The van der Waals surface area contributed by atoms with E-state index in [4.69, 9.17) is 5.11 Å². The lowest BCUT2D eigenvalue weighted by molar-refractivity contribution is 0.0697. The molecule has 1 aromatic carbocycles. The first-order valence-corrected chi connectivity index (χ1v) is 4.73. The Kier molecular flexibility index (Phi) is 3.51. The van der Waals surface area contributed by atoms with Crippen molar-refractivity contribution in [3.63, 3.8) is 0 Å². The number of carbonyl (C=O) groups is 1. The Bertz CT molecular complexity index is 323. The molecule has 2 N–H and O–H groups in total. The predicted octanol–water partition coefficient (Wildman–Crippen LogP) is 2.60. The number of hydrogen-bond acceptors (Lipinski definition) is 2. The summed E-state index contributed by atoms with van der Waals surface area (Å²) in [4.78, 5) is 10.7. The van der Waals surface area contributed by atoms with E-state index in [0.29, 0.717) is 11.6 Å². The molecule has 0 saturated heterocycles. The summed E-state index contributed by atoms with van der Waals surface area (Å²) in [6.07, 6.45) is 1.01. The van der Waals surface area contributed by atoms with Crippen LogP contribution in [0.1, 0.15) is 30.6 Å². The Labute approximate surface area is 83.8 Å². The molecule has 0 aliphatic heterocycles. The molecule has 0 fully saturated rings. The van der Waals surface area contributed by atoms with Crippen LogP contribution in [0.5, 0.6) is 0 Å². The van der Waals surface area contributed by atoms with E-state index in [0.717, 1.165) is 12.1 Å². The van der Waals surface area contributed by atoms with Gasteiger partial charge in [-0.05, 0) is 31.5 Å². The minimum absolute atomic E-state index is 0.318. The van der Waals surface area contributed by atoms with Gasteiger partial charge in [0.05, 0.1) is 5.56 Å². The standard InChI is InChI=1S/C11H15NO2/c1-3-8(2)12-10-6-4-5-9(7-10)11(13)14/h4-8,12H,3H2,1-2H3,(H,13,14). The molecule has 0 saturated carbocycles. The zero-order chi connectivity index (χ0) is 10.6. The number of benzene rings is 1. The number of rotatable bonds is 4. The summed E-state index contributed by atoms with van der Waals surface area (Å²) >= 11 is 0. The highest BCUT2D eigenvalue weighted by Gasteiger charge is 2.04. The van der Waals surface area contributed by atoms with Gasteiger partial charge in [0.1, 0.15) is 0 Å². The second-order valence-corrected chi connectivity index (χ2v) is 3.34. The second-order valence-electron chi connectivity index (χ2n) is 3.34. The van der Waals surface area contributed by atoms with E-state index < -0.39 is 5.97 Å². The van der Waals surface area contributed by atoms with Crippen LogP contribution in [0, 0.1) is 0 Å². The summed E-state index contributed by atoms with van der Waals surface area (Å²) in [6, 6.07) is 7.21. The van der Waals surface area contributed by atoms with Gasteiger partial charge in [-0.1, -0.05) is 13.0 Å². The smallest absolute Gasteiger partial charge is 0.335 e. The first-order chi connectivity index (χ1) is 6.63. The summed E-state index contributed by atoms with van der Waals surface area (Å²) in [5, 5.41) is 12.0. The largest absolute Gasteiger partial charge is 0.478 e. The summed E-state index contributed by atoms with van der Waals surface area (Å²) in [5.41, 5.74) is 1.18. The molecule has 0 amide bonds. The molecular weight excluding hydrogens is 178 g/mol. The molecule has 0 bridgehead atoms. The van der Waals surface area contributed by atoms with Crippen molar-refractivity contribution in [1.29, 1.82) is 0 Å². The summed E-state index contributed by atoms with van der Waals surface area (Å²) < 4.78 is 0. The van der Waals surface area contributed by atoms with E-state index in [1.165, 1.54) is 0 Å². The summed E-state index contributed by atoms with van der Waals surface area (Å²) in [6.45, 7) is 4.14. The summed E-state index contributed by atoms with van der Waals surface area (Å²) in [5.74, 6) is -0.891. The van der Waals surface area contributed by atoms with Gasteiger partial charge in [0.15, 0.2) is 0 Å². The number of hydrogen-bond donors (Lipinski definition) is 2. The number of carboxylic acids is 1. The van der Waals surface area contributed by atoms with Gasteiger partial charge in [0.2, 0.25) is 0 Å². The molecule has 0 heterocycles. The highest BCUT2D eigenvalue weighted by atomic mass is 16.4. The Hall–Kier alpha value is -1.51. The van der Waals surface area contributed by atoms with Crippen LogP contribution >= 0.6 is 0 Å². The zero-order valence-corrected chi connectivity index (χ0v) is 8.45. The number of anilines is 1. The van der Waals surface area contributed by atoms with Crippen LogP contribution in [0.4, 0.5) is 5.69 Å². The fraction of sp³-hybridized carbons (Fsp3) is 0.364. The number of nitrogens with one attached hydrogen (secondary N) is 1. The highest BCUT2D eigenvalue weighted by molar-refractivity contribution is 5.88. The lowest BCUT2D eigenvalue weighted by Crippen LogP contribution is -2.13. The fourth-order valence-corrected chi connectivity index (χ4v) is 1.13. The van der Waals surface area contributed by atoms with Crippen molar-refractivity contribution >= 4 is 11.7 Å². The van der Waals surface area contributed by atoms with Crippen molar-refractivity contribution in [2.75, 3.05) is 5.32 Å². The third-order valence-corrected chi connectivity index (χ3v) is 2.13. The van der Waals surface area contributed by atoms with Crippen molar-refractivity contribution in [3.8, 4) is 0 Å². The fourth-order valence-electron chi connectivity index (χ4n) is 1.13. The Balaban J connectivity index is 2.78. The number of carboxylic acid groups (broad SMARTS) is 1. The van der Waals surface area contributed by atoms with Gasteiger partial charge in [-0.25, -0.2) is 4.79 Å². The van der Waals surface area contributed by atoms with E-state index in [1.54, 1.807) is 18.2 Å². The van der Waals surface area contributed by atoms with Crippen molar-refractivity contribution in [3.05, 3.63) is 29.8 Å². The van der Waals surface area contributed by atoms with E-state index in [-0.39, 0.29) is 0 Å². The number of aromatic carboxylic acids is 1. The van der Waals surface area contributed by atoms with Crippen LogP contribution in [0.3, 0.4) is 0 Å². The lowest BCUT2D eigenvalue weighted by Gasteiger charge is -2.12. The Morgan fingerprint density at radius 2 is 2.29 bits per heavy atom. The third kappa shape index (κ3) is 2.76. The maximum absolute atomic E-state index is 10.7. The Morgan fingerprint density at radius 1 is 1.57 bits per heavy atom. The first kappa shape index (κ1) is 10.6. The van der Waals surface area contributed by atoms with Gasteiger partial charge in [0.25, 0.3) is 0 Å². The van der Waals surface area contributed by atoms with Gasteiger partial charge in [0, 0.05) is 11.7 Å². The van der Waals surface area contributed by atoms with Crippen LogP contribution < -0.4 is 5.32 Å². The molecule has 1 aromatic rings. The van der Waals surface area contributed by atoms with Crippen molar-refractivity contribution in [2.24, 2.45) is 0 Å². The molecule has 76 valence electrons. The quantitative estimate of drug-likeness (QED) is 0.772. The predicted molar refractivity (Wildman–Crippen MR) is 56.8 cm³/mol. The molecule has 0 aliphatic carbocycles. The molecule has 3 nitrogen and oxygen atoms in total. The maximum atomic E-state index is 10.7. The van der Waals surface area contributed by atoms with Gasteiger partial charge in [-0.3, -0.25) is 0 Å². The highest BCUT2D eigenvalue weighted by Crippen LogP contribution is 2.12. The Morgan fingerprint density at radius 3 is 2.86 bits per heavy atom. The monoisotopic (exact) mass is 193 g/mol. The molecule has 0 aromatic heterocycles. The minimum Gasteiger partial charge on any atom is -0.478 e. The van der Waals surface area contributed by atoms with E-state index in [1.807, 2.05) is 6.07 Å². The zero-order valence-electron chi connectivity index (χ0n) is 8.45. The molecular formula is C11H15NO2. The molecule has 1 unspecified atom stereocenters. The summed E-state index contributed by atoms with van der Waals surface area (Å²) in [7, 11) is 0. The molecule has 0 radical (unpaired) electrons. The topological polar surface area (TPSA) is 49.3 Å². The van der Waals surface area contributed by atoms with Crippen LogP contribution in [-0.2, 0) is 0 Å². The van der Waals surface area contributed by atoms with Gasteiger partial charge < -0.3 is 10.4 Å². The van der Waals surface area contributed by atoms with Gasteiger partial charge >= 0.3 is 5.97 Å². The van der Waals surface area contributed by atoms with Crippen LogP contribution in [0.25, 0.3) is 0 Å². The normalized spacial score (nSPS) is 12.1. The molecule has 1 atom stereocenters. The molecule has 14 heavy (non-hydrogen) atoms. The minimum atomic E-state index is -0.891. The second kappa shape index (κ2) is 4.65. The molecule has 0 spiro atoms. The van der Waals surface area contributed by atoms with E-state index >= 15 is 0 Å². The van der Waals surface area contributed by atoms with E-state index in [9.17, 15) is 4.79 Å². The maximum Gasteiger partial charge on any atom is 0.335 e. The van der Waals surface area contributed by atoms with Crippen LogP contribution in [-0.4, -0.2) is 17.1 Å². The van der Waals surface area contributed by atoms with Crippen LogP contribution in [0.2, 0.25) is 0 Å². The SMILES string of the molecule is CCC(C)Nc1cccc(C(=O)O)c1. The average Bonchev–Trinajstić information content (AvgIpc) is 2.18. The molecule has 3 heteroatoms. The van der Waals surface area contributed by atoms with Crippen molar-refractivity contribution in [2.45, 2.75) is 26.3 Å². The molecule has 0 aliphatic rings. The van der Waals surface area contributed by atoms with Crippen molar-refractivity contribution < 1.29 is 9.90 Å². The van der Waals surface area contributed by atoms with Gasteiger partial charge in [-0.2, -0.15) is 0 Å². The van der Waals surface area contributed by atoms with E-state index in [2.05, 4.69) is 19.2 Å². The third-order valence-electron chi connectivity index (χ3n) is 2.13. The first-order valence-electron chi connectivity index (χ1n) is 4.73. The lowest BCUT2D eigenvalue weighted by atomic mass is 10.2. The van der Waals surface area contributed by atoms with Crippen LogP contribution in [0.15, 0.2) is 24.3 Å².